The number of benzene rings is 2. The summed E-state index contributed by atoms with van der Waals surface area (Å²) in [5, 5.41) is 0.635. The lowest BCUT2D eigenvalue weighted by Gasteiger charge is -2.24. The van der Waals surface area contributed by atoms with E-state index in [9.17, 15) is 9.59 Å². The standard InChI is InChI=1S/C20H21ClN2O3/c1-22(19(24)12-14-26-17-9-7-15(21)8-10-17)18-11-13-23(20(18)25)16-5-3-2-4-6-16/h2-10,18H,11-14H2,1H3. The second kappa shape index (κ2) is 8.23. The van der Waals surface area contributed by atoms with Crippen molar-refractivity contribution in [1.29, 1.82) is 0 Å². The molecule has 2 aromatic rings. The molecule has 2 aromatic carbocycles. The number of hydrogen-bond donors (Lipinski definition) is 0. The van der Waals surface area contributed by atoms with E-state index in [1.165, 1.54) is 4.90 Å². The zero-order valence-corrected chi connectivity index (χ0v) is 15.4. The van der Waals surface area contributed by atoms with Crippen LogP contribution in [-0.4, -0.2) is 43.0 Å². The summed E-state index contributed by atoms with van der Waals surface area (Å²) in [7, 11) is 1.68. The normalized spacial score (nSPS) is 16.6. The van der Waals surface area contributed by atoms with Crippen molar-refractivity contribution in [3.05, 3.63) is 59.6 Å². The van der Waals surface area contributed by atoms with Crippen molar-refractivity contribution >= 4 is 29.1 Å². The average molecular weight is 373 g/mol. The molecule has 0 spiro atoms. The molecule has 1 heterocycles. The van der Waals surface area contributed by atoms with Crippen molar-refractivity contribution in [2.75, 3.05) is 25.1 Å². The van der Waals surface area contributed by atoms with Crippen LogP contribution in [0.3, 0.4) is 0 Å². The Labute approximate surface area is 158 Å². The van der Waals surface area contributed by atoms with Crippen LogP contribution in [0.2, 0.25) is 5.02 Å². The Morgan fingerprint density at radius 3 is 2.58 bits per heavy atom. The first-order chi connectivity index (χ1) is 12.6. The van der Waals surface area contributed by atoms with Gasteiger partial charge < -0.3 is 14.5 Å². The monoisotopic (exact) mass is 372 g/mol. The molecular weight excluding hydrogens is 352 g/mol. The van der Waals surface area contributed by atoms with Gasteiger partial charge in [-0.1, -0.05) is 29.8 Å². The Balaban J connectivity index is 1.52. The first-order valence-electron chi connectivity index (χ1n) is 8.57. The van der Waals surface area contributed by atoms with Gasteiger partial charge >= 0.3 is 0 Å². The number of likely N-dealkylation sites (N-methyl/N-ethyl adjacent to an activating group) is 1. The maximum absolute atomic E-state index is 12.7. The highest BCUT2D eigenvalue weighted by Gasteiger charge is 2.36. The van der Waals surface area contributed by atoms with Crippen molar-refractivity contribution in [1.82, 2.24) is 4.90 Å². The third kappa shape index (κ3) is 4.17. The van der Waals surface area contributed by atoms with E-state index in [2.05, 4.69) is 0 Å². The van der Waals surface area contributed by atoms with E-state index in [4.69, 9.17) is 16.3 Å². The maximum Gasteiger partial charge on any atom is 0.249 e. The van der Waals surface area contributed by atoms with E-state index in [1.54, 1.807) is 36.2 Å². The molecule has 6 heteroatoms. The average Bonchev–Trinajstić information content (AvgIpc) is 3.04. The van der Waals surface area contributed by atoms with Gasteiger partial charge in [0.05, 0.1) is 13.0 Å². The number of ether oxygens (including phenoxy) is 1. The SMILES string of the molecule is CN(C(=O)CCOc1ccc(Cl)cc1)C1CCN(c2ccccc2)C1=O. The third-order valence-corrected chi connectivity index (χ3v) is 4.76. The van der Waals surface area contributed by atoms with Crippen molar-refractivity contribution in [3.63, 3.8) is 0 Å². The zero-order valence-electron chi connectivity index (χ0n) is 14.6. The summed E-state index contributed by atoms with van der Waals surface area (Å²) in [6, 6.07) is 16.1. The number of nitrogens with zero attached hydrogens (tertiary/aromatic N) is 2. The van der Waals surface area contributed by atoms with Crippen LogP contribution in [0.1, 0.15) is 12.8 Å². The number of hydrogen-bond acceptors (Lipinski definition) is 3. The molecule has 136 valence electrons. The second-order valence-corrected chi connectivity index (χ2v) is 6.62. The molecule has 1 fully saturated rings. The van der Waals surface area contributed by atoms with Gasteiger partial charge in [-0.05, 0) is 42.8 Å². The molecule has 1 saturated heterocycles. The summed E-state index contributed by atoms with van der Waals surface area (Å²) in [5.41, 5.74) is 0.868. The summed E-state index contributed by atoms with van der Waals surface area (Å²) in [4.78, 5) is 28.4. The van der Waals surface area contributed by atoms with Gasteiger partial charge in [0.25, 0.3) is 0 Å². The maximum atomic E-state index is 12.7. The molecule has 0 bridgehead atoms. The number of halogens is 1. The minimum absolute atomic E-state index is 0.0364. The van der Waals surface area contributed by atoms with E-state index < -0.39 is 6.04 Å². The molecule has 3 rings (SSSR count). The van der Waals surface area contributed by atoms with Crippen LogP contribution in [0.25, 0.3) is 0 Å². The molecule has 1 aliphatic rings. The smallest absolute Gasteiger partial charge is 0.249 e. The molecule has 5 nitrogen and oxygen atoms in total. The third-order valence-electron chi connectivity index (χ3n) is 4.50. The summed E-state index contributed by atoms with van der Waals surface area (Å²) >= 11 is 5.83. The molecule has 2 amide bonds. The number of amides is 2. The highest BCUT2D eigenvalue weighted by atomic mass is 35.5. The van der Waals surface area contributed by atoms with Gasteiger partial charge in [0.15, 0.2) is 0 Å². The quantitative estimate of drug-likeness (QED) is 0.781. The summed E-state index contributed by atoms with van der Waals surface area (Å²) in [6.45, 7) is 0.876. The fraction of sp³-hybridized carbons (Fsp3) is 0.300. The largest absolute Gasteiger partial charge is 0.493 e. The van der Waals surface area contributed by atoms with Crippen LogP contribution in [0, 0.1) is 0 Å². The molecule has 0 N–H and O–H groups in total. The summed E-state index contributed by atoms with van der Waals surface area (Å²) < 4.78 is 5.56. The minimum Gasteiger partial charge on any atom is -0.493 e. The number of para-hydroxylation sites is 1. The van der Waals surface area contributed by atoms with Gasteiger partial charge in [-0.2, -0.15) is 0 Å². The highest BCUT2D eigenvalue weighted by molar-refractivity contribution is 6.30. The molecule has 0 radical (unpaired) electrons. The van der Waals surface area contributed by atoms with E-state index in [1.807, 2.05) is 30.3 Å². The van der Waals surface area contributed by atoms with E-state index >= 15 is 0 Å². The Morgan fingerprint density at radius 1 is 1.19 bits per heavy atom. The lowest BCUT2D eigenvalue weighted by Crippen LogP contribution is -2.43. The van der Waals surface area contributed by atoms with Crippen molar-refractivity contribution in [3.8, 4) is 5.75 Å². The molecular formula is C20H21ClN2O3. The molecule has 0 aliphatic carbocycles. The molecule has 1 atom stereocenters. The van der Waals surface area contributed by atoms with Gasteiger partial charge in [-0.25, -0.2) is 0 Å². The van der Waals surface area contributed by atoms with Gasteiger partial charge in [0.2, 0.25) is 11.8 Å². The predicted octanol–water partition coefficient (Wildman–Crippen LogP) is 3.37. The molecule has 0 aromatic heterocycles. The molecule has 1 unspecified atom stereocenters. The summed E-state index contributed by atoms with van der Waals surface area (Å²) in [6.07, 6.45) is 0.849. The van der Waals surface area contributed by atoms with Crippen LogP contribution in [-0.2, 0) is 9.59 Å². The second-order valence-electron chi connectivity index (χ2n) is 6.19. The van der Waals surface area contributed by atoms with Gasteiger partial charge in [0.1, 0.15) is 11.8 Å². The number of carbonyl (C=O) groups excluding carboxylic acids is 2. The lowest BCUT2D eigenvalue weighted by atomic mass is 10.2. The lowest BCUT2D eigenvalue weighted by molar-refractivity contribution is -0.137. The number of carbonyl (C=O) groups is 2. The molecule has 26 heavy (non-hydrogen) atoms. The van der Waals surface area contributed by atoms with Crippen LogP contribution in [0.5, 0.6) is 5.75 Å². The van der Waals surface area contributed by atoms with Gasteiger partial charge in [-0.15, -0.1) is 0 Å². The van der Waals surface area contributed by atoms with E-state index in [0.717, 1.165) is 5.69 Å². The van der Waals surface area contributed by atoms with Crippen LogP contribution in [0.4, 0.5) is 5.69 Å². The van der Waals surface area contributed by atoms with Crippen LogP contribution >= 0.6 is 11.6 Å². The van der Waals surface area contributed by atoms with Crippen LogP contribution in [0.15, 0.2) is 54.6 Å². The summed E-state index contributed by atoms with van der Waals surface area (Å²) in [5.74, 6) is 0.523. The molecule has 0 saturated carbocycles. The Hall–Kier alpha value is -2.53. The first kappa shape index (κ1) is 18.3. The fourth-order valence-corrected chi connectivity index (χ4v) is 3.15. The van der Waals surface area contributed by atoms with Gasteiger partial charge in [-0.3, -0.25) is 9.59 Å². The highest BCUT2D eigenvalue weighted by Crippen LogP contribution is 2.24. The number of anilines is 1. The fourth-order valence-electron chi connectivity index (χ4n) is 3.03. The van der Waals surface area contributed by atoms with E-state index in [0.29, 0.717) is 23.7 Å². The van der Waals surface area contributed by atoms with Crippen molar-refractivity contribution in [2.24, 2.45) is 0 Å². The van der Waals surface area contributed by atoms with Crippen molar-refractivity contribution in [2.45, 2.75) is 18.9 Å². The zero-order chi connectivity index (χ0) is 18.5. The van der Waals surface area contributed by atoms with Crippen LogP contribution < -0.4 is 9.64 Å². The topological polar surface area (TPSA) is 49.9 Å². The Kier molecular flexibility index (Phi) is 5.78. The first-order valence-corrected chi connectivity index (χ1v) is 8.94. The van der Waals surface area contributed by atoms with E-state index in [-0.39, 0.29) is 24.8 Å². The number of rotatable bonds is 6. The molecule has 1 aliphatic heterocycles. The Morgan fingerprint density at radius 2 is 1.88 bits per heavy atom. The predicted molar refractivity (Wildman–Crippen MR) is 102 cm³/mol. The minimum atomic E-state index is -0.418. The van der Waals surface area contributed by atoms with Crippen molar-refractivity contribution < 1.29 is 14.3 Å². The Bertz CT molecular complexity index is 764. The van der Waals surface area contributed by atoms with Gasteiger partial charge in [0, 0.05) is 24.3 Å².